The molecule has 23 heavy (non-hydrogen) atoms. The minimum atomic E-state index is -3.40. The first-order chi connectivity index (χ1) is 10.7. The number of carbonyl (C=O) groups excluding carboxylic acids is 1. The van der Waals surface area contributed by atoms with Crippen molar-refractivity contribution in [3.8, 4) is 0 Å². The van der Waals surface area contributed by atoms with Crippen LogP contribution in [0.2, 0.25) is 0 Å². The Balaban J connectivity index is 1.93. The van der Waals surface area contributed by atoms with E-state index in [4.69, 9.17) is 0 Å². The topological polar surface area (TPSA) is 81.2 Å². The van der Waals surface area contributed by atoms with Crippen LogP contribution in [-0.2, 0) is 15.0 Å². The van der Waals surface area contributed by atoms with Gasteiger partial charge in [-0.25, -0.2) is 0 Å². The number of aliphatic hydroxyl groups is 1. The third-order valence-corrected chi connectivity index (χ3v) is 7.07. The SMILES string of the molecule is CN(C(=O)C1CCN(S(=O)(=O)N(C)C)CC1)C1CCCCC1O. The van der Waals surface area contributed by atoms with Gasteiger partial charge < -0.3 is 10.0 Å². The van der Waals surface area contributed by atoms with E-state index in [9.17, 15) is 18.3 Å². The molecule has 0 bridgehead atoms. The lowest BCUT2D eigenvalue weighted by Gasteiger charge is -2.39. The summed E-state index contributed by atoms with van der Waals surface area (Å²) in [5.74, 6) is -0.111. The number of rotatable bonds is 4. The van der Waals surface area contributed by atoms with Crippen LogP contribution in [0.25, 0.3) is 0 Å². The molecule has 1 aliphatic carbocycles. The fourth-order valence-electron chi connectivity index (χ4n) is 3.56. The van der Waals surface area contributed by atoms with Crippen molar-refractivity contribution < 1.29 is 18.3 Å². The summed E-state index contributed by atoms with van der Waals surface area (Å²) in [4.78, 5) is 14.4. The Morgan fingerprint density at radius 1 is 1.04 bits per heavy atom. The van der Waals surface area contributed by atoms with Crippen molar-refractivity contribution in [2.45, 2.75) is 50.7 Å². The van der Waals surface area contributed by atoms with E-state index in [1.165, 1.54) is 22.7 Å². The predicted molar refractivity (Wildman–Crippen MR) is 87.9 cm³/mol. The molecule has 1 saturated heterocycles. The van der Waals surface area contributed by atoms with Crippen LogP contribution in [-0.4, -0.2) is 79.3 Å². The van der Waals surface area contributed by atoms with Crippen LogP contribution in [0.5, 0.6) is 0 Å². The van der Waals surface area contributed by atoms with Gasteiger partial charge in [0.15, 0.2) is 0 Å². The molecular weight excluding hydrogens is 318 g/mol. The molecule has 2 unspecified atom stereocenters. The second-order valence-electron chi connectivity index (χ2n) is 6.83. The summed E-state index contributed by atoms with van der Waals surface area (Å²) >= 11 is 0. The Bertz CT molecular complexity index is 515. The first-order valence-corrected chi connectivity index (χ1v) is 9.77. The molecule has 2 atom stereocenters. The number of nitrogens with zero attached hydrogens (tertiary/aromatic N) is 3. The third kappa shape index (κ3) is 4.04. The van der Waals surface area contributed by atoms with Gasteiger partial charge in [-0.05, 0) is 25.7 Å². The number of likely N-dealkylation sites (N-methyl/N-ethyl adjacent to an activating group) is 1. The fraction of sp³-hybridized carbons (Fsp3) is 0.933. The lowest BCUT2D eigenvalue weighted by molar-refractivity contribution is -0.141. The zero-order chi connectivity index (χ0) is 17.2. The smallest absolute Gasteiger partial charge is 0.281 e. The van der Waals surface area contributed by atoms with Gasteiger partial charge >= 0.3 is 0 Å². The molecule has 2 rings (SSSR count). The lowest BCUT2D eigenvalue weighted by Crippen LogP contribution is -2.51. The minimum absolute atomic E-state index is 0.0397. The summed E-state index contributed by atoms with van der Waals surface area (Å²) < 4.78 is 26.9. The summed E-state index contributed by atoms with van der Waals surface area (Å²) in [5, 5.41) is 10.1. The largest absolute Gasteiger partial charge is 0.391 e. The molecule has 0 radical (unpaired) electrons. The number of carbonyl (C=O) groups is 1. The van der Waals surface area contributed by atoms with E-state index >= 15 is 0 Å². The molecule has 134 valence electrons. The summed E-state index contributed by atoms with van der Waals surface area (Å²) in [6.07, 6.45) is 4.29. The normalized spacial score (nSPS) is 28.0. The van der Waals surface area contributed by atoms with Crippen molar-refractivity contribution in [3.63, 3.8) is 0 Å². The van der Waals surface area contributed by atoms with Crippen molar-refractivity contribution in [2.75, 3.05) is 34.2 Å². The molecule has 7 nitrogen and oxygen atoms in total. The maximum Gasteiger partial charge on any atom is 0.281 e. The van der Waals surface area contributed by atoms with E-state index in [1.54, 1.807) is 11.9 Å². The molecule has 2 aliphatic rings. The molecule has 0 aromatic carbocycles. The van der Waals surface area contributed by atoms with Crippen LogP contribution in [0.4, 0.5) is 0 Å². The van der Waals surface area contributed by atoms with Crippen molar-refractivity contribution in [2.24, 2.45) is 5.92 Å². The van der Waals surface area contributed by atoms with E-state index < -0.39 is 16.3 Å². The van der Waals surface area contributed by atoms with Crippen molar-refractivity contribution in [1.82, 2.24) is 13.5 Å². The van der Waals surface area contributed by atoms with Gasteiger partial charge in [0, 0.05) is 40.2 Å². The summed E-state index contributed by atoms with van der Waals surface area (Å²) in [6, 6.07) is -0.0974. The Hall–Kier alpha value is -0.700. The molecule has 1 saturated carbocycles. The standard InChI is InChI=1S/C15H29N3O4S/c1-16(2)23(21,22)18-10-8-12(9-11-18)15(20)17(3)13-6-4-5-7-14(13)19/h12-14,19H,4-11H2,1-3H3. The molecule has 2 fully saturated rings. The van der Waals surface area contributed by atoms with Crippen LogP contribution < -0.4 is 0 Å². The quantitative estimate of drug-likeness (QED) is 0.791. The summed E-state index contributed by atoms with van der Waals surface area (Å²) in [5.41, 5.74) is 0. The summed E-state index contributed by atoms with van der Waals surface area (Å²) in [7, 11) is 1.41. The molecule has 1 N–H and O–H groups in total. The Kier molecular flexibility index (Phi) is 6.05. The maximum absolute atomic E-state index is 12.7. The Morgan fingerprint density at radius 2 is 1.61 bits per heavy atom. The number of piperidine rings is 1. The predicted octanol–water partition coefficient (Wildman–Crippen LogP) is 0.267. The average Bonchev–Trinajstić information content (AvgIpc) is 2.54. The summed E-state index contributed by atoms with van der Waals surface area (Å²) in [6.45, 7) is 0.746. The van der Waals surface area contributed by atoms with E-state index in [2.05, 4.69) is 0 Å². The second-order valence-corrected chi connectivity index (χ2v) is 8.97. The highest BCUT2D eigenvalue weighted by molar-refractivity contribution is 7.86. The van der Waals surface area contributed by atoms with Gasteiger partial charge in [-0.1, -0.05) is 12.8 Å². The van der Waals surface area contributed by atoms with Crippen LogP contribution in [0.3, 0.4) is 0 Å². The van der Waals surface area contributed by atoms with Crippen molar-refractivity contribution >= 4 is 16.1 Å². The number of hydrogen-bond acceptors (Lipinski definition) is 4. The Morgan fingerprint density at radius 3 is 2.13 bits per heavy atom. The van der Waals surface area contributed by atoms with E-state index in [0.717, 1.165) is 25.7 Å². The van der Waals surface area contributed by atoms with E-state index in [0.29, 0.717) is 25.9 Å². The second kappa shape index (κ2) is 7.46. The van der Waals surface area contributed by atoms with Gasteiger partial charge in [-0.15, -0.1) is 0 Å². The number of amides is 1. The van der Waals surface area contributed by atoms with Gasteiger partial charge in [0.1, 0.15) is 0 Å². The average molecular weight is 347 g/mol. The van der Waals surface area contributed by atoms with Gasteiger partial charge in [0.05, 0.1) is 12.1 Å². The highest BCUT2D eigenvalue weighted by Crippen LogP contribution is 2.27. The van der Waals surface area contributed by atoms with Gasteiger partial charge in [0.25, 0.3) is 10.2 Å². The third-order valence-electron chi connectivity index (χ3n) is 5.13. The van der Waals surface area contributed by atoms with Crippen LogP contribution in [0, 0.1) is 5.92 Å². The highest BCUT2D eigenvalue weighted by atomic mass is 32.2. The highest BCUT2D eigenvalue weighted by Gasteiger charge is 2.36. The number of hydrogen-bond donors (Lipinski definition) is 1. The van der Waals surface area contributed by atoms with Crippen LogP contribution >= 0.6 is 0 Å². The molecule has 0 aromatic heterocycles. The first-order valence-electron chi connectivity index (χ1n) is 8.37. The van der Waals surface area contributed by atoms with Crippen LogP contribution in [0.1, 0.15) is 38.5 Å². The zero-order valence-electron chi connectivity index (χ0n) is 14.3. The van der Waals surface area contributed by atoms with E-state index in [-0.39, 0.29) is 17.9 Å². The fourth-order valence-corrected chi connectivity index (χ4v) is 4.69. The first kappa shape index (κ1) is 18.6. The molecule has 1 amide bonds. The Labute approximate surface area is 139 Å². The van der Waals surface area contributed by atoms with E-state index in [1.807, 2.05) is 0 Å². The minimum Gasteiger partial charge on any atom is -0.391 e. The maximum atomic E-state index is 12.7. The lowest BCUT2D eigenvalue weighted by atomic mass is 9.89. The molecule has 8 heteroatoms. The number of aliphatic hydroxyl groups excluding tert-OH is 1. The van der Waals surface area contributed by atoms with Crippen LogP contribution in [0.15, 0.2) is 0 Å². The molecule has 0 aromatic rings. The monoisotopic (exact) mass is 347 g/mol. The zero-order valence-corrected chi connectivity index (χ0v) is 15.1. The molecule has 1 aliphatic heterocycles. The molecular formula is C15H29N3O4S. The van der Waals surface area contributed by atoms with Gasteiger partial charge in [0.2, 0.25) is 5.91 Å². The van der Waals surface area contributed by atoms with Crippen molar-refractivity contribution in [3.05, 3.63) is 0 Å². The molecule has 0 spiro atoms. The van der Waals surface area contributed by atoms with Gasteiger partial charge in [-0.3, -0.25) is 4.79 Å². The van der Waals surface area contributed by atoms with Gasteiger partial charge in [-0.2, -0.15) is 17.0 Å². The molecule has 1 heterocycles. The van der Waals surface area contributed by atoms with Crippen molar-refractivity contribution in [1.29, 1.82) is 0 Å².